The number of anilines is 3. The van der Waals surface area contributed by atoms with Gasteiger partial charge in [0, 0.05) is 49.7 Å². The van der Waals surface area contributed by atoms with Crippen molar-refractivity contribution in [3.05, 3.63) is 218 Å². The normalized spacial score (nSPS) is 11.5. The minimum absolute atomic E-state index is 0.892. The van der Waals surface area contributed by atoms with Gasteiger partial charge in [-0.05, 0) is 76.9 Å². The molecule has 0 spiro atoms. The molecular formula is C54H36N2O. The second-order valence-corrected chi connectivity index (χ2v) is 14.5. The van der Waals surface area contributed by atoms with Crippen LogP contribution in [-0.4, -0.2) is 4.57 Å². The number of benzene rings is 9. The van der Waals surface area contributed by atoms with Crippen LogP contribution in [-0.2, 0) is 0 Å². The maximum Gasteiger partial charge on any atom is 0.143 e. The summed E-state index contributed by atoms with van der Waals surface area (Å²) in [7, 11) is 0. The lowest BCUT2D eigenvalue weighted by atomic mass is 9.95. The van der Waals surface area contributed by atoms with Crippen molar-refractivity contribution in [2.24, 2.45) is 0 Å². The number of para-hydroxylation sites is 4. The standard InChI is InChI=1S/C54H36N2O/c1-4-15-37(16-5-1)38-27-30-42(31-28-38)55(43-32-34-47-46-21-10-12-25-50(46)56(52(47)36-43)41-19-8-3-9-20-41)51-35-40(29-33-44(51)39-17-6-2-7-18-39)45-23-14-24-49-48-22-11-13-26-53(48)57-54(45)49/h1-36H. The molecule has 0 saturated carbocycles. The fourth-order valence-electron chi connectivity index (χ4n) is 8.53. The Kier molecular flexibility index (Phi) is 7.82. The Morgan fingerprint density at radius 3 is 1.74 bits per heavy atom. The van der Waals surface area contributed by atoms with Gasteiger partial charge >= 0.3 is 0 Å². The van der Waals surface area contributed by atoms with Crippen molar-refractivity contribution < 1.29 is 4.42 Å². The molecule has 2 heterocycles. The smallest absolute Gasteiger partial charge is 0.143 e. The van der Waals surface area contributed by atoms with Gasteiger partial charge in [-0.15, -0.1) is 0 Å². The second-order valence-electron chi connectivity index (χ2n) is 14.5. The largest absolute Gasteiger partial charge is 0.455 e. The van der Waals surface area contributed by atoms with Gasteiger partial charge in [-0.3, -0.25) is 0 Å². The van der Waals surface area contributed by atoms with Crippen molar-refractivity contribution in [2.45, 2.75) is 0 Å². The molecule has 0 aliphatic carbocycles. The van der Waals surface area contributed by atoms with Crippen LogP contribution in [0.1, 0.15) is 0 Å². The van der Waals surface area contributed by atoms with E-state index in [2.05, 4.69) is 222 Å². The van der Waals surface area contributed by atoms with Gasteiger partial charge in [-0.25, -0.2) is 0 Å². The minimum Gasteiger partial charge on any atom is -0.455 e. The Morgan fingerprint density at radius 2 is 0.947 bits per heavy atom. The molecule has 0 fully saturated rings. The van der Waals surface area contributed by atoms with E-state index >= 15 is 0 Å². The molecule has 0 radical (unpaired) electrons. The fraction of sp³-hybridized carbons (Fsp3) is 0. The Morgan fingerprint density at radius 1 is 0.351 bits per heavy atom. The summed E-state index contributed by atoms with van der Waals surface area (Å²) in [4.78, 5) is 2.42. The summed E-state index contributed by atoms with van der Waals surface area (Å²) in [5.41, 5.74) is 15.2. The number of fused-ring (bicyclic) bond motifs is 6. The Hall–Kier alpha value is -7.62. The highest BCUT2D eigenvalue weighted by atomic mass is 16.3. The van der Waals surface area contributed by atoms with Gasteiger partial charge in [-0.1, -0.05) is 164 Å². The number of nitrogens with zero attached hydrogens (tertiary/aromatic N) is 2. The number of hydrogen-bond donors (Lipinski definition) is 0. The van der Waals surface area contributed by atoms with E-state index < -0.39 is 0 Å². The van der Waals surface area contributed by atoms with E-state index in [-0.39, 0.29) is 0 Å². The number of rotatable bonds is 7. The number of aromatic nitrogens is 1. The molecule has 11 rings (SSSR count). The topological polar surface area (TPSA) is 21.3 Å². The number of hydrogen-bond acceptors (Lipinski definition) is 2. The summed E-state index contributed by atoms with van der Waals surface area (Å²) in [6, 6.07) is 78.2. The molecule has 2 aromatic heterocycles. The fourth-order valence-corrected chi connectivity index (χ4v) is 8.53. The van der Waals surface area contributed by atoms with E-state index in [0.717, 1.165) is 72.5 Å². The lowest BCUT2D eigenvalue weighted by Crippen LogP contribution is -2.12. The third kappa shape index (κ3) is 5.60. The van der Waals surface area contributed by atoms with Crippen molar-refractivity contribution in [1.29, 1.82) is 0 Å². The third-order valence-electron chi connectivity index (χ3n) is 11.2. The van der Waals surface area contributed by atoms with Crippen molar-refractivity contribution in [1.82, 2.24) is 4.57 Å². The molecule has 268 valence electrons. The Bertz CT molecular complexity index is 3220. The summed E-state index contributed by atoms with van der Waals surface area (Å²) in [6.07, 6.45) is 0. The van der Waals surface area contributed by atoms with E-state index in [1.165, 1.54) is 27.4 Å². The van der Waals surface area contributed by atoms with Gasteiger partial charge < -0.3 is 13.9 Å². The maximum atomic E-state index is 6.59. The lowest BCUT2D eigenvalue weighted by Gasteiger charge is -2.29. The van der Waals surface area contributed by atoms with E-state index in [0.29, 0.717) is 0 Å². The minimum atomic E-state index is 0.892. The van der Waals surface area contributed by atoms with Gasteiger partial charge in [0.2, 0.25) is 0 Å². The maximum absolute atomic E-state index is 6.59. The van der Waals surface area contributed by atoms with Gasteiger partial charge in [0.05, 0.1) is 16.7 Å². The van der Waals surface area contributed by atoms with Crippen molar-refractivity contribution in [2.75, 3.05) is 4.90 Å². The zero-order valence-corrected chi connectivity index (χ0v) is 31.1. The molecule has 3 heteroatoms. The van der Waals surface area contributed by atoms with Crippen LogP contribution in [0, 0.1) is 0 Å². The lowest BCUT2D eigenvalue weighted by molar-refractivity contribution is 0.670. The SMILES string of the molecule is c1ccc(-c2ccc(N(c3ccc4c5ccccc5n(-c5ccccc5)c4c3)c3cc(-c4cccc5c4oc4ccccc45)ccc3-c3ccccc3)cc2)cc1. The predicted octanol–water partition coefficient (Wildman–Crippen LogP) is 15.2. The molecular weight excluding hydrogens is 693 g/mol. The van der Waals surface area contributed by atoms with Crippen molar-refractivity contribution >= 4 is 60.8 Å². The molecule has 9 aromatic carbocycles. The van der Waals surface area contributed by atoms with Crippen LogP contribution in [0.2, 0.25) is 0 Å². The van der Waals surface area contributed by atoms with E-state index in [4.69, 9.17) is 4.42 Å². The first kappa shape index (κ1) is 32.8. The van der Waals surface area contributed by atoms with Gasteiger partial charge in [0.15, 0.2) is 0 Å². The molecule has 0 saturated heterocycles. The highest BCUT2D eigenvalue weighted by molar-refractivity contribution is 6.12. The highest BCUT2D eigenvalue weighted by Crippen LogP contribution is 2.46. The summed E-state index contributed by atoms with van der Waals surface area (Å²) in [5.74, 6) is 0. The quantitative estimate of drug-likeness (QED) is 0.163. The average Bonchev–Trinajstić information content (AvgIpc) is 3.83. The molecule has 0 atom stereocenters. The predicted molar refractivity (Wildman–Crippen MR) is 239 cm³/mol. The van der Waals surface area contributed by atoms with E-state index in [9.17, 15) is 0 Å². The first-order valence-electron chi connectivity index (χ1n) is 19.4. The van der Waals surface area contributed by atoms with Crippen LogP contribution >= 0.6 is 0 Å². The van der Waals surface area contributed by atoms with Crippen LogP contribution in [0.15, 0.2) is 223 Å². The second kappa shape index (κ2) is 13.6. The summed E-state index contributed by atoms with van der Waals surface area (Å²) >= 11 is 0. The molecule has 0 aliphatic rings. The molecule has 0 amide bonds. The summed E-state index contributed by atoms with van der Waals surface area (Å²) < 4.78 is 8.98. The molecule has 57 heavy (non-hydrogen) atoms. The molecule has 0 N–H and O–H groups in total. The zero-order valence-electron chi connectivity index (χ0n) is 31.1. The van der Waals surface area contributed by atoms with Gasteiger partial charge in [0.25, 0.3) is 0 Å². The van der Waals surface area contributed by atoms with Gasteiger partial charge in [0.1, 0.15) is 11.2 Å². The molecule has 0 aliphatic heterocycles. The van der Waals surface area contributed by atoms with Crippen LogP contribution < -0.4 is 4.90 Å². The summed E-state index contributed by atoms with van der Waals surface area (Å²) in [5, 5.41) is 4.68. The van der Waals surface area contributed by atoms with Crippen molar-refractivity contribution in [3.63, 3.8) is 0 Å². The van der Waals surface area contributed by atoms with Crippen LogP contribution in [0.25, 0.3) is 82.8 Å². The number of furan rings is 1. The summed E-state index contributed by atoms with van der Waals surface area (Å²) in [6.45, 7) is 0. The molecule has 3 nitrogen and oxygen atoms in total. The molecule has 0 bridgehead atoms. The average molecular weight is 729 g/mol. The highest BCUT2D eigenvalue weighted by Gasteiger charge is 2.22. The van der Waals surface area contributed by atoms with Crippen LogP contribution in [0.5, 0.6) is 0 Å². The zero-order chi connectivity index (χ0) is 37.7. The Labute approximate surface area is 330 Å². The third-order valence-corrected chi connectivity index (χ3v) is 11.2. The first-order chi connectivity index (χ1) is 28.3. The first-order valence-corrected chi connectivity index (χ1v) is 19.4. The van der Waals surface area contributed by atoms with Crippen LogP contribution in [0.4, 0.5) is 17.1 Å². The van der Waals surface area contributed by atoms with E-state index in [1.54, 1.807) is 0 Å². The van der Waals surface area contributed by atoms with E-state index in [1.807, 2.05) is 6.07 Å². The molecule has 0 unspecified atom stereocenters. The van der Waals surface area contributed by atoms with Gasteiger partial charge in [-0.2, -0.15) is 0 Å². The Balaban J connectivity index is 1.19. The van der Waals surface area contributed by atoms with Crippen molar-refractivity contribution in [3.8, 4) is 39.1 Å². The monoisotopic (exact) mass is 728 g/mol. The van der Waals surface area contributed by atoms with Crippen LogP contribution in [0.3, 0.4) is 0 Å². The molecule has 11 aromatic rings.